The Hall–Kier alpha value is -0.580. The summed E-state index contributed by atoms with van der Waals surface area (Å²) in [5, 5.41) is 0. The van der Waals surface area contributed by atoms with Crippen LogP contribution in [0.3, 0.4) is 0 Å². The van der Waals surface area contributed by atoms with E-state index in [4.69, 9.17) is 4.74 Å². The van der Waals surface area contributed by atoms with Crippen LogP contribution >= 0.6 is 15.9 Å². The fourth-order valence-electron chi connectivity index (χ4n) is 0.482. The van der Waals surface area contributed by atoms with Crippen molar-refractivity contribution in [3.8, 4) is 0 Å². The first-order valence-corrected chi connectivity index (χ1v) is 4.33. The highest BCUT2D eigenvalue weighted by Crippen LogP contribution is 2.03. The van der Waals surface area contributed by atoms with Gasteiger partial charge in [-0.2, -0.15) is 0 Å². The standard InChI is InChI=1S/C7H11BrO4/c1-4(8)6(9)12-5(2)7(10)11-3/h4-5H,1-3H3. The molecular formula is C7H11BrO4. The Kier molecular flexibility index (Phi) is 4.89. The van der Waals surface area contributed by atoms with Gasteiger partial charge in [0, 0.05) is 0 Å². The monoisotopic (exact) mass is 238 g/mol. The molecule has 0 heterocycles. The second-order valence-corrected chi connectivity index (χ2v) is 3.59. The maximum Gasteiger partial charge on any atom is 0.346 e. The molecule has 2 atom stereocenters. The molecule has 0 saturated heterocycles. The van der Waals surface area contributed by atoms with Crippen molar-refractivity contribution in [2.24, 2.45) is 0 Å². The van der Waals surface area contributed by atoms with Gasteiger partial charge in [-0.1, -0.05) is 15.9 Å². The Morgan fingerprint density at radius 1 is 1.25 bits per heavy atom. The second-order valence-electron chi connectivity index (χ2n) is 2.22. The largest absolute Gasteiger partial charge is 0.466 e. The summed E-state index contributed by atoms with van der Waals surface area (Å²) in [6.45, 7) is 3.07. The van der Waals surface area contributed by atoms with Crippen LogP contribution in [-0.2, 0) is 19.1 Å². The normalized spacial score (nSPS) is 14.7. The van der Waals surface area contributed by atoms with Crippen molar-refractivity contribution >= 4 is 27.9 Å². The topological polar surface area (TPSA) is 52.6 Å². The molecule has 0 amide bonds. The second kappa shape index (κ2) is 5.13. The lowest BCUT2D eigenvalue weighted by Gasteiger charge is -2.11. The summed E-state index contributed by atoms with van der Waals surface area (Å²) in [6.07, 6.45) is -0.845. The Balaban J connectivity index is 3.92. The van der Waals surface area contributed by atoms with Crippen molar-refractivity contribution in [3.63, 3.8) is 0 Å². The lowest BCUT2D eigenvalue weighted by Crippen LogP contribution is -2.28. The Bertz CT molecular complexity index is 178. The maximum absolute atomic E-state index is 10.9. The quantitative estimate of drug-likeness (QED) is 0.541. The van der Waals surface area contributed by atoms with Crippen LogP contribution in [0.5, 0.6) is 0 Å². The molecule has 70 valence electrons. The number of carbonyl (C=O) groups is 2. The average molecular weight is 239 g/mol. The molecule has 2 unspecified atom stereocenters. The molecule has 4 nitrogen and oxygen atoms in total. The first kappa shape index (κ1) is 11.4. The predicted molar refractivity (Wildman–Crippen MR) is 46.0 cm³/mol. The van der Waals surface area contributed by atoms with Crippen LogP contribution in [0.15, 0.2) is 0 Å². The van der Waals surface area contributed by atoms with Crippen LogP contribution in [0.2, 0.25) is 0 Å². The molecule has 0 N–H and O–H groups in total. The fourth-order valence-corrected chi connectivity index (χ4v) is 0.590. The SMILES string of the molecule is COC(=O)C(C)OC(=O)C(C)Br. The average Bonchev–Trinajstić information content (AvgIpc) is 2.02. The van der Waals surface area contributed by atoms with Crippen LogP contribution < -0.4 is 0 Å². The molecule has 0 aromatic carbocycles. The van der Waals surface area contributed by atoms with Gasteiger partial charge < -0.3 is 9.47 Å². The first-order chi connectivity index (χ1) is 5.49. The minimum absolute atomic E-state index is 0.412. The van der Waals surface area contributed by atoms with E-state index in [0.29, 0.717) is 0 Å². The van der Waals surface area contributed by atoms with E-state index >= 15 is 0 Å². The number of hydrogen-bond acceptors (Lipinski definition) is 4. The van der Waals surface area contributed by atoms with Crippen LogP contribution in [0.1, 0.15) is 13.8 Å². The number of carbonyl (C=O) groups excluding carboxylic acids is 2. The highest BCUT2D eigenvalue weighted by molar-refractivity contribution is 9.10. The molecule has 0 aliphatic heterocycles. The molecule has 0 aromatic heterocycles. The minimum Gasteiger partial charge on any atom is -0.466 e. The number of esters is 2. The highest BCUT2D eigenvalue weighted by atomic mass is 79.9. The van der Waals surface area contributed by atoms with Gasteiger partial charge in [0.05, 0.1) is 7.11 Å². The first-order valence-electron chi connectivity index (χ1n) is 3.41. The molecule has 0 radical (unpaired) electrons. The molecule has 5 heteroatoms. The van der Waals surface area contributed by atoms with E-state index in [2.05, 4.69) is 20.7 Å². The predicted octanol–water partition coefficient (Wildman–Crippen LogP) is 0.874. The number of hydrogen-bond donors (Lipinski definition) is 0. The van der Waals surface area contributed by atoms with Crippen molar-refractivity contribution in [1.82, 2.24) is 0 Å². The van der Waals surface area contributed by atoms with Gasteiger partial charge in [0.2, 0.25) is 0 Å². The number of alkyl halides is 1. The zero-order valence-corrected chi connectivity index (χ0v) is 8.75. The van der Waals surface area contributed by atoms with E-state index < -0.39 is 22.9 Å². The molecule has 0 aliphatic rings. The zero-order valence-electron chi connectivity index (χ0n) is 7.17. The van der Waals surface area contributed by atoms with Gasteiger partial charge in [-0.15, -0.1) is 0 Å². The van der Waals surface area contributed by atoms with Crippen molar-refractivity contribution in [1.29, 1.82) is 0 Å². The van der Waals surface area contributed by atoms with Crippen LogP contribution in [0, 0.1) is 0 Å². The molecule has 12 heavy (non-hydrogen) atoms. The number of methoxy groups -OCH3 is 1. The molecule has 0 bridgehead atoms. The summed E-state index contributed by atoms with van der Waals surface area (Å²) in [5.41, 5.74) is 0. The summed E-state index contributed by atoms with van der Waals surface area (Å²) in [5.74, 6) is -1.04. The fraction of sp³-hybridized carbons (Fsp3) is 0.714. The lowest BCUT2D eigenvalue weighted by molar-refractivity contribution is -0.164. The van der Waals surface area contributed by atoms with Gasteiger partial charge in [-0.3, -0.25) is 4.79 Å². The number of ether oxygens (including phenoxy) is 2. The number of halogens is 1. The summed E-state index contributed by atoms with van der Waals surface area (Å²) >= 11 is 3.01. The van der Waals surface area contributed by atoms with Crippen molar-refractivity contribution < 1.29 is 19.1 Å². The Morgan fingerprint density at radius 2 is 1.75 bits per heavy atom. The van der Waals surface area contributed by atoms with Crippen LogP contribution in [-0.4, -0.2) is 30.0 Å². The van der Waals surface area contributed by atoms with E-state index in [0.717, 1.165) is 0 Å². The summed E-state index contributed by atoms with van der Waals surface area (Å²) < 4.78 is 9.07. The van der Waals surface area contributed by atoms with Gasteiger partial charge in [-0.25, -0.2) is 4.79 Å². The molecule has 0 saturated carbocycles. The third-order valence-corrected chi connectivity index (χ3v) is 1.52. The molecule has 0 rings (SSSR count). The van der Waals surface area contributed by atoms with E-state index in [9.17, 15) is 9.59 Å². The zero-order chi connectivity index (χ0) is 9.72. The molecule has 0 aliphatic carbocycles. The number of rotatable bonds is 3. The Labute approximate surface area is 79.3 Å². The van der Waals surface area contributed by atoms with Gasteiger partial charge in [0.15, 0.2) is 6.10 Å². The summed E-state index contributed by atoms with van der Waals surface area (Å²) in [4.78, 5) is 21.2. The maximum atomic E-state index is 10.9. The van der Waals surface area contributed by atoms with Crippen molar-refractivity contribution in [3.05, 3.63) is 0 Å². The summed E-state index contributed by atoms with van der Waals surface area (Å²) in [7, 11) is 1.24. The summed E-state index contributed by atoms with van der Waals surface area (Å²) in [6, 6.07) is 0. The van der Waals surface area contributed by atoms with Crippen LogP contribution in [0.4, 0.5) is 0 Å². The van der Waals surface area contributed by atoms with E-state index in [1.165, 1.54) is 14.0 Å². The van der Waals surface area contributed by atoms with Gasteiger partial charge >= 0.3 is 11.9 Å². The van der Waals surface area contributed by atoms with Gasteiger partial charge in [-0.05, 0) is 13.8 Å². The third kappa shape index (κ3) is 3.71. The smallest absolute Gasteiger partial charge is 0.346 e. The van der Waals surface area contributed by atoms with Crippen molar-refractivity contribution in [2.45, 2.75) is 24.8 Å². The van der Waals surface area contributed by atoms with E-state index in [-0.39, 0.29) is 0 Å². The minimum atomic E-state index is -0.845. The highest BCUT2D eigenvalue weighted by Gasteiger charge is 2.20. The van der Waals surface area contributed by atoms with Crippen molar-refractivity contribution in [2.75, 3.05) is 7.11 Å². The molecular weight excluding hydrogens is 228 g/mol. The Morgan fingerprint density at radius 3 is 2.08 bits per heavy atom. The van der Waals surface area contributed by atoms with E-state index in [1.54, 1.807) is 6.92 Å². The molecule has 0 fully saturated rings. The molecule has 0 spiro atoms. The van der Waals surface area contributed by atoms with Gasteiger partial charge in [0.25, 0.3) is 0 Å². The third-order valence-electron chi connectivity index (χ3n) is 1.15. The van der Waals surface area contributed by atoms with Crippen LogP contribution in [0.25, 0.3) is 0 Å². The lowest BCUT2D eigenvalue weighted by atomic mass is 10.4. The van der Waals surface area contributed by atoms with Gasteiger partial charge in [0.1, 0.15) is 4.83 Å². The van der Waals surface area contributed by atoms with E-state index in [1.807, 2.05) is 0 Å². The molecule has 0 aromatic rings.